The fourth-order valence-corrected chi connectivity index (χ4v) is 2.84. The van der Waals surface area contributed by atoms with Crippen molar-refractivity contribution in [2.24, 2.45) is 5.73 Å². The third-order valence-electron chi connectivity index (χ3n) is 3.93. The minimum Gasteiger partial charge on any atom is -0.493 e. The molecule has 0 unspecified atom stereocenters. The van der Waals surface area contributed by atoms with Crippen LogP contribution in [0.3, 0.4) is 0 Å². The molecule has 1 aliphatic rings. The van der Waals surface area contributed by atoms with E-state index in [0.29, 0.717) is 5.56 Å². The van der Waals surface area contributed by atoms with Gasteiger partial charge in [0.15, 0.2) is 0 Å². The van der Waals surface area contributed by atoms with E-state index in [0.717, 1.165) is 37.4 Å². The first kappa shape index (κ1) is 14.6. The predicted molar refractivity (Wildman–Crippen MR) is 85.8 cm³/mol. The number of primary amides is 1. The van der Waals surface area contributed by atoms with E-state index in [1.54, 1.807) is 12.1 Å². The molecule has 22 heavy (non-hydrogen) atoms. The molecular weight excluding hydrogens is 276 g/mol. The summed E-state index contributed by atoms with van der Waals surface area (Å²) in [6.45, 7) is 2.42. The highest BCUT2D eigenvalue weighted by Crippen LogP contribution is 2.30. The van der Waals surface area contributed by atoms with Gasteiger partial charge in [-0.3, -0.25) is 9.69 Å². The van der Waals surface area contributed by atoms with Gasteiger partial charge in [0.25, 0.3) is 0 Å². The van der Waals surface area contributed by atoms with Gasteiger partial charge in [-0.05, 0) is 30.3 Å². The molecule has 2 aromatic carbocycles. The normalized spacial score (nSPS) is 13.0. The SMILES string of the molecule is CN(Cc1ccc(C(N)=O)cc1)Cc1cccc2c1OCC2. The molecule has 0 radical (unpaired) electrons. The standard InChI is InChI=1S/C18H20N2O2/c1-20(11-13-5-7-15(8-6-13)18(19)21)12-16-4-2-3-14-9-10-22-17(14)16/h2-8H,9-12H2,1H3,(H2,19,21). The van der Waals surface area contributed by atoms with E-state index in [1.807, 2.05) is 12.1 Å². The highest BCUT2D eigenvalue weighted by Gasteiger charge is 2.16. The fourth-order valence-electron chi connectivity index (χ4n) is 2.84. The Balaban J connectivity index is 1.66. The van der Waals surface area contributed by atoms with Gasteiger partial charge in [-0.15, -0.1) is 0 Å². The van der Waals surface area contributed by atoms with Gasteiger partial charge >= 0.3 is 0 Å². The molecule has 0 spiro atoms. The number of nitrogens with zero attached hydrogens (tertiary/aromatic N) is 1. The summed E-state index contributed by atoms with van der Waals surface area (Å²) in [5.41, 5.74) is 9.48. The number of amides is 1. The summed E-state index contributed by atoms with van der Waals surface area (Å²) >= 11 is 0. The number of hydrogen-bond donors (Lipinski definition) is 1. The van der Waals surface area contributed by atoms with Crippen LogP contribution in [-0.2, 0) is 19.5 Å². The Morgan fingerprint density at radius 2 is 1.95 bits per heavy atom. The molecule has 0 atom stereocenters. The molecule has 114 valence electrons. The van der Waals surface area contributed by atoms with Crippen molar-refractivity contribution in [3.63, 3.8) is 0 Å². The quantitative estimate of drug-likeness (QED) is 0.921. The van der Waals surface area contributed by atoms with Crippen molar-refractivity contribution in [1.29, 1.82) is 0 Å². The molecule has 3 rings (SSSR count). The van der Waals surface area contributed by atoms with Crippen LogP contribution in [0.15, 0.2) is 42.5 Å². The molecule has 2 aromatic rings. The third-order valence-corrected chi connectivity index (χ3v) is 3.93. The molecule has 1 heterocycles. The monoisotopic (exact) mass is 296 g/mol. The number of fused-ring (bicyclic) bond motifs is 1. The zero-order chi connectivity index (χ0) is 15.5. The van der Waals surface area contributed by atoms with Gasteiger partial charge in [0, 0.05) is 30.6 Å². The van der Waals surface area contributed by atoms with Crippen molar-refractivity contribution in [3.05, 3.63) is 64.7 Å². The zero-order valence-electron chi connectivity index (χ0n) is 12.7. The van der Waals surface area contributed by atoms with Crippen LogP contribution in [0.25, 0.3) is 0 Å². The third kappa shape index (κ3) is 3.12. The molecule has 0 bridgehead atoms. The maximum absolute atomic E-state index is 11.1. The van der Waals surface area contributed by atoms with Gasteiger partial charge in [-0.1, -0.05) is 30.3 Å². The van der Waals surface area contributed by atoms with E-state index in [4.69, 9.17) is 10.5 Å². The van der Waals surface area contributed by atoms with Crippen molar-refractivity contribution in [1.82, 2.24) is 4.90 Å². The van der Waals surface area contributed by atoms with E-state index in [2.05, 4.69) is 30.1 Å². The lowest BCUT2D eigenvalue weighted by Crippen LogP contribution is -2.18. The summed E-state index contributed by atoms with van der Waals surface area (Å²) < 4.78 is 5.74. The molecule has 4 heteroatoms. The smallest absolute Gasteiger partial charge is 0.248 e. The van der Waals surface area contributed by atoms with E-state index in [9.17, 15) is 4.79 Å². The van der Waals surface area contributed by atoms with Crippen LogP contribution in [0, 0.1) is 0 Å². The number of nitrogens with two attached hydrogens (primary N) is 1. The first-order valence-corrected chi connectivity index (χ1v) is 7.44. The molecule has 1 amide bonds. The number of ether oxygens (including phenoxy) is 1. The number of carbonyl (C=O) groups excluding carboxylic acids is 1. The Morgan fingerprint density at radius 1 is 1.18 bits per heavy atom. The van der Waals surface area contributed by atoms with E-state index >= 15 is 0 Å². The maximum atomic E-state index is 11.1. The summed E-state index contributed by atoms with van der Waals surface area (Å²) in [5.74, 6) is 0.662. The Hall–Kier alpha value is -2.33. The van der Waals surface area contributed by atoms with Crippen molar-refractivity contribution in [2.45, 2.75) is 19.5 Å². The molecule has 1 aliphatic heterocycles. The van der Waals surface area contributed by atoms with Crippen LogP contribution in [0.5, 0.6) is 5.75 Å². The average Bonchev–Trinajstić information content (AvgIpc) is 2.97. The molecule has 0 fully saturated rings. The van der Waals surface area contributed by atoms with Crippen molar-refractivity contribution < 1.29 is 9.53 Å². The van der Waals surface area contributed by atoms with Gasteiger partial charge in [-0.2, -0.15) is 0 Å². The van der Waals surface area contributed by atoms with Gasteiger partial charge in [-0.25, -0.2) is 0 Å². The van der Waals surface area contributed by atoms with Gasteiger partial charge in [0.2, 0.25) is 5.91 Å². The maximum Gasteiger partial charge on any atom is 0.248 e. The lowest BCUT2D eigenvalue weighted by molar-refractivity contribution is 0.100. The van der Waals surface area contributed by atoms with E-state index in [1.165, 1.54) is 11.1 Å². The fraction of sp³-hybridized carbons (Fsp3) is 0.278. The van der Waals surface area contributed by atoms with Crippen molar-refractivity contribution >= 4 is 5.91 Å². The highest BCUT2D eigenvalue weighted by molar-refractivity contribution is 5.92. The molecule has 0 aromatic heterocycles. The molecule has 2 N–H and O–H groups in total. The molecule has 4 nitrogen and oxygen atoms in total. The first-order valence-electron chi connectivity index (χ1n) is 7.44. The Kier molecular flexibility index (Phi) is 4.11. The first-order chi connectivity index (χ1) is 10.6. The molecule has 0 saturated heterocycles. The van der Waals surface area contributed by atoms with Gasteiger partial charge < -0.3 is 10.5 Å². The number of benzene rings is 2. The Morgan fingerprint density at radius 3 is 2.68 bits per heavy atom. The second-order valence-electron chi connectivity index (χ2n) is 5.74. The molecule has 0 aliphatic carbocycles. The minimum atomic E-state index is -0.392. The van der Waals surface area contributed by atoms with Crippen LogP contribution in [0.1, 0.15) is 27.0 Å². The number of hydrogen-bond acceptors (Lipinski definition) is 3. The van der Waals surface area contributed by atoms with Gasteiger partial charge in [0.1, 0.15) is 5.75 Å². The highest BCUT2D eigenvalue weighted by atomic mass is 16.5. The number of rotatable bonds is 5. The van der Waals surface area contributed by atoms with E-state index in [-0.39, 0.29) is 0 Å². The summed E-state index contributed by atoms with van der Waals surface area (Å²) in [6.07, 6.45) is 1.00. The topological polar surface area (TPSA) is 55.6 Å². The van der Waals surface area contributed by atoms with Crippen LogP contribution in [-0.4, -0.2) is 24.5 Å². The van der Waals surface area contributed by atoms with Crippen LogP contribution >= 0.6 is 0 Å². The van der Waals surface area contributed by atoms with Crippen LogP contribution in [0.4, 0.5) is 0 Å². The van der Waals surface area contributed by atoms with Gasteiger partial charge in [0.05, 0.1) is 6.61 Å². The minimum absolute atomic E-state index is 0.392. The average molecular weight is 296 g/mol. The van der Waals surface area contributed by atoms with Crippen molar-refractivity contribution in [2.75, 3.05) is 13.7 Å². The molecular formula is C18H20N2O2. The second kappa shape index (κ2) is 6.20. The predicted octanol–water partition coefficient (Wildman–Crippen LogP) is 2.35. The Labute approximate surface area is 130 Å². The van der Waals surface area contributed by atoms with E-state index < -0.39 is 5.91 Å². The van der Waals surface area contributed by atoms with Crippen LogP contribution in [0.2, 0.25) is 0 Å². The number of carbonyl (C=O) groups is 1. The van der Waals surface area contributed by atoms with Crippen molar-refractivity contribution in [3.8, 4) is 5.75 Å². The lowest BCUT2D eigenvalue weighted by atomic mass is 10.1. The van der Waals surface area contributed by atoms with Crippen LogP contribution < -0.4 is 10.5 Å². The molecule has 0 saturated carbocycles. The second-order valence-corrected chi connectivity index (χ2v) is 5.74. The zero-order valence-corrected chi connectivity index (χ0v) is 12.7. The summed E-state index contributed by atoms with van der Waals surface area (Å²) in [7, 11) is 2.08. The lowest BCUT2D eigenvalue weighted by Gasteiger charge is -2.18. The Bertz CT molecular complexity index is 680. The summed E-state index contributed by atoms with van der Waals surface area (Å²) in [4.78, 5) is 13.3. The largest absolute Gasteiger partial charge is 0.493 e. The summed E-state index contributed by atoms with van der Waals surface area (Å²) in [5, 5.41) is 0. The summed E-state index contributed by atoms with van der Waals surface area (Å²) in [6, 6.07) is 13.8. The number of para-hydroxylation sites is 1.